The fourth-order valence-electron chi connectivity index (χ4n) is 6.72. The van der Waals surface area contributed by atoms with Gasteiger partial charge in [-0.15, -0.1) is 0 Å². The number of Topliss-reactive ketones (excluding diaryl/α,β-unsaturated/α-hetero) is 1. The molecule has 1 saturated heterocycles. The molecule has 1 unspecified atom stereocenters. The van der Waals surface area contributed by atoms with E-state index in [2.05, 4.69) is 29.0 Å². The Hall–Kier alpha value is -4.17. The number of hydrogen-bond donors (Lipinski definition) is 1. The first-order valence-electron chi connectivity index (χ1n) is 15.1. The van der Waals surface area contributed by atoms with Crippen molar-refractivity contribution < 1.29 is 19.1 Å². The number of fused-ring (bicyclic) bond motifs is 1. The molecule has 1 N–H and O–H groups in total. The summed E-state index contributed by atoms with van der Waals surface area (Å²) in [7, 11) is 3.25. The second-order valence-corrected chi connectivity index (χ2v) is 12.9. The van der Waals surface area contributed by atoms with Gasteiger partial charge in [0.15, 0.2) is 5.78 Å². The Labute approximate surface area is 264 Å². The number of nitrogens with one attached hydrogen (secondary N) is 1. The van der Waals surface area contributed by atoms with E-state index in [1.165, 1.54) is 0 Å². The molecule has 2 heterocycles. The molecule has 1 atom stereocenters. The fourth-order valence-corrected chi connectivity index (χ4v) is 6.84. The number of carbonyl (C=O) groups is 2. The Balaban J connectivity index is 1.39. The van der Waals surface area contributed by atoms with Crippen LogP contribution in [0.3, 0.4) is 0 Å². The van der Waals surface area contributed by atoms with Crippen LogP contribution in [0.2, 0.25) is 5.02 Å². The van der Waals surface area contributed by atoms with E-state index in [9.17, 15) is 9.59 Å². The van der Waals surface area contributed by atoms with Crippen molar-refractivity contribution in [2.45, 2.75) is 32.7 Å². The van der Waals surface area contributed by atoms with Gasteiger partial charge in [-0.25, -0.2) is 0 Å². The summed E-state index contributed by atoms with van der Waals surface area (Å²) in [5.74, 6) is 1.37. The molecule has 0 saturated carbocycles. The van der Waals surface area contributed by atoms with Gasteiger partial charge < -0.3 is 29.5 Å². The smallest absolute Gasteiger partial charge is 0.242 e. The van der Waals surface area contributed by atoms with E-state index < -0.39 is 6.04 Å². The molecule has 3 aromatic carbocycles. The molecule has 6 rings (SSSR count). The molecule has 1 amide bonds. The van der Waals surface area contributed by atoms with E-state index >= 15 is 0 Å². The molecule has 1 aliphatic carbocycles. The van der Waals surface area contributed by atoms with Gasteiger partial charge in [-0.2, -0.15) is 0 Å². The number of amides is 1. The lowest BCUT2D eigenvalue weighted by molar-refractivity contribution is -0.130. The summed E-state index contributed by atoms with van der Waals surface area (Å²) in [5.41, 5.74) is 4.97. The number of rotatable bonds is 6. The third-order valence-electron chi connectivity index (χ3n) is 8.87. The predicted molar refractivity (Wildman–Crippen MR) is 175 cm³/mol. The number of ether oxygens (including phenoxy) is 2. The van der Waals surface area contributed by atoms with Crippen molar-refractivity contribution in [3.63, 3.8) is 0 Å². The Morgan fingerprint density at radius 2 is 1.68 bits per heavy atom. The van der Waals surface area contributed by atoms with Crippen molar-refractivity contribution >= 4 is 40.4 Å². The van der Waals surface area contributed by atoms with E-state index in [1.807, 2.05) is 71.6 Å². The van der Waals surface area contributed by atoms with Gasteiger partial charge in [-0.1, -0.05) is 37.6 Å². The molecule has 0 spiro atoms. The number of benzene rings is 3. The van der Waals surface area contributed by atoms with E-state index in [0.717, 1.165) is 41.4 Å². The lowest BCUT2D eigenvalue weighted by Gasteiger charge is -2.40. The number of piperazine rings is 1. The first-order valence-corrected chi connectivity index (χ1v) is 15.4. The number of para-hydroxylation sites is 2. The molecule has 0 aromatic heterocycles. The van der Waals surface area contributed by atoms with Gasteiger partial charge >= 0.3 is 0 Å². The lowest BCUT2D eigenvalue weighted by atomic mass is 9.73. The number of halogens is 1. The molecule has 44 heavy (non-hydrogen) atoms. The molecule has 8 nitrogen and oxygen atoms in total. The first kappa shape index (κ1) is 29.9. The van der Waals surface area contributed by atoms with Crippen LogP contribution in [-0.4, -0.2) is 63.5 Å². The summed E-state index contributed by atoms with van der Waals surface area (Å²) in [4.78, 5) is 34.5. The number of hydrogen-bond acceptors (Lipinski definition) is 7. The van der Waals surface area contributed by atoms with Crippen molar-refractivity contribution in [1.82, 2.24) is 4.90 Å². The topological polar surface area (TPSA) is 74.3 Å². The van der Waals surface area contributed by atoms with Crippen molar-refractivity contribution in [3.05, 3.63) is 88.6 Å². The molecular weight excluding hydrogens is 576 g/mol. The minimum atomic E-state index is -0.561. The highest BCUT2D eigenvalue weighted by molar-refractivity contribution is 6.30. The number of carbonyl (C=O) groups excluding carboxylic acids is 2. The van der Waals surface area contributed by atoms with Gasteiger partial charge in [0.05, 0.1) is 38.2 Å². The number of nitrogens with zero attached hydrogens (tertiary/aromatic N) is 3. The maximum Gasteiger partial charge on any atom is 0.242 e. The van der Waals surface area contributed by atoms with Gasteiger partial charge in [0.1, 0.15) is 11.5 Å². The second kappa shape index (κ2) is 12.1. The van der Waals surface area contributed by atoms with Crippen LogP contribution in [0.25, 0.3) is 0 Å². The highest BCUT2D eigenvalue weighted by atomic mass is 35.5. The summed E-state index contributed by atoms with van der Waals surface area (Å²) < 4.78 is 11.5. The van der Waals surface area contributed by atoms with E-state index in [-0.39, 0.29) is 23.7 Å². The standard InChI is InChI=1S/C35H39ClN4O4/c1-35(2)20-28-33(30(41)21-35)34(26-19-25(43-3)13-14-31(26)44-4)40(29-8-6-5-7-27(29)37-28)22-32(42)39-17-15-38(16-18-39)24-11-9-23(36)10-12-24/h5-14,19,34,37H,15-18,20-22H2,1-4H3. The summed E-state index contributed by atoms with van der Waals surface area (Å²) in [6.07, 6.45) is 1.13. The van der Waals surface area contributed by atoms with Crippen LogP contribution < -0.4 is 24.6 Å². The van der Waals surface area contributed by atoms with Crippen LogP contribution in [0.1, 0.15) is 38.3 Å². The summed E-state index contributed by atoms with van der Waals surface area (Å²) in [5, 5.41) is 4.33. The average Bonchev–Trinajstić information content (AvgIpc) is 3.15. The molecule has 2 aliphatic heterocycles. The number of methoxy groups -OCH3 is 2. The quantitative estimate of drug-likeness (QED) is 0.348. The number of anilines is 3. The Bertz CT molecular complexity index is 1590. The Morgan fingerprint density at radius 3 is 2.39 bits per heavy atom. The summed E-state index contributed by atoms with van der Waals surface area (Å²) in [6.45, 7) is 6.99. The number of ketones is 1. The molecular formula is C35H39ClN4O4. The van der Waals surface area contributed by atoms with Crippen LogP contribution in [-0.2, 0) is 9.59 Å². The molecule has 9 heteroatoms. The van der Waals surface area contributed by atoms with Crippen LogP contribution >= 0.6 is 11.6 Å². The SMILES string of the molecule is COc1ccc(OC)c(C2C3=C(CC(C)(C)CC3=O)Nc3ccccc3N2CC(=O)N2CCN(c3ccc(Cl)cc3)CC2)c1. The summed E-state index contributed by atoms with van der Waals surface area (Å²) >= 11 is 6.09. The van der Waals surface area contributed by atoms with Gasteiger partial charge in [0.2, 0.25) is 5.91 Å². The zero-order chi connectivity index (χ0) is 31.0. The molecule has 3 aliphatic rings. The molecule has 0 radical (unpaired) electrons. The van der Waals surface area contributed by atoms with E-state index in [1.54, 1.807) is 14.2 Å². The van der Waals surface area contributed by atoms with Gasteiger partial charge in [-0.05, 0) is 66.4 Å². The maximum absolute atomic E-state index is 14.1. The monoisotopic (exact) mass is 614 g/mol. The van der Waals surface area contributed by atoms with Gasteiger partial charge in [0, 0.05) is 60.1 Å². The molecule has 3 aromatic rings. The second-order valence-electron chi connectivity index (χ2n) is 12.5. The third-order valence-corrected chi connectivity index (χ3v) is 9.12. The third kappa shape index (κ3) is 5.83. The van der Waals surface area contributed by atoms with Crippen LogP contribution in [0.5, 0.6) is 11.5 Å². The predicted octanol–water partition coefficient (Wildman–Crippen LogP) is 6.32. The van der Waals surface area contributed by atoms with Crippen molar-refractivity contribution in [2.75, 3.05) is 62.1 Å². The van der Waals surface area contributed by atoms with Crippen LogP contribution in [0, 0.1) is 5.41 Å². The lowest BCUT2D eigenvalue weighted by Crippen LogP contribution is -2.52. The zero-order valence-electron chi connectivity index (χ0n) is 25.7. The minimum absolute atomic E-state index is 0.00932. The summed E-state index contributed by atoms with van der Waals surface area (Å²) in [6, 6.07) is 20.9. The minimum Gasteiger partial charge on any atom is -0.497 e. The van der Waals surface area contributed by atoms with Crippen molar-refractivity contribution in [1.29, 1.82) is 0 Å². The fraction of sp³-hybridized carbons (Fsp3) is 0.371. The highest BCUT2D eigenvalue weighted by Crippen LogP contribution is 2.50. The van der Waals surface area contributed by atoms with Crippen molar-refractivity contribution in [2.24, 2.45) is 5.41 Å². The van der Waals surface area contributed by atoms with E-state index in [0.29, 0.717) is 48.0 Å². The van der Waals surface area contributed by atoms with Crippen molar-refractivity contribution in [3.8, 4) is 11.5 Å². The van der Waals surface area contributed by atoms with Gasteiger partial charge in [0.25, 0.3) is 0 Å². The molecule has 230 valence electrons. The average molecular weight is 615 g/mol. The molecule has 1 fully saturated rings. The zero-order valence-corrected chi connectivity index (χ0v) is 26.5. The van der Waals surface area contributed by atoms with E-state index in [4.69, 9.17) is 21.1 Å². The highest BCUT2D eigenvalue weighted by Gasteiger charge is 2.43. The molecule has 0 bridgehead atoms. The number of allylic oxidation sites excluding steroid dienone is 1. The Morgan fingerprint density at radius 1 is 0.955 bits per heavy atom. The first-order chi connectivity index (χ1) is 21.2. The van der Waals surface area contributed by atoms with Crippen LogP contribution in [0.15, 0.2) is 78.0 Å². The Kier molecular flexibility index (Phi) is 8.20. The normalized spacial score (nSPS) is 19.5. The van der Waals surface area contributed by atoms with Crippen LogP contribution in [0.4, 0.5) is 17.1 Å². The largest absolute Gasteiger partial charge is 0.497 e. The van der Waals surface area contributed by atoms with Gasteiger partial charge in [-0.3, -0.25) is 9.59 Å². The maximum atomic E-state index is 14.1.